The van der Waals surface area contributed by atoms with Gasteiger partial charge < -0.3 is 9.47 Å². The van der Waals surface area contributed by atoms with Crippen LogP contribution in [0.25, 0.3) is 0 Å². The van der Waals surface area contributed by atoms with E-state index in [1.54, 1.807) is 0 Å². The zero-order chi connectivity index (χ0) is 7.98. The van der Waals surface area contributed by atoms with E-state index in [4.69, 9.17) is 9.47 Å². The maximum atomic E-state index is 4.92. The quantitative estimate of drug-likeness (QED) is 0.554. The summed E-state index contributed by atoms with van der Waals surface area (Å²) in [7, 11) is 0. The zero-order valence-corrected chi connectivity index (χ0v) is 7.39. The Labute approximate surface area is 63.5 Å². The average Bonchev–Trinajstić information content (AvgIpc) is 2.49. The Morgan fingerprint density at radius 1 is 1.10 bits per heavy atom. The van der Waals surface area contributed by atoms with Gasteiger partial charge in [-0.2, -0.15) is 0 Å². The minimum atomic E-state index is 0.551. The first kappa shape index (κ1) is 9.92. The van der Waals surface area contributed by atoms with Gasteiger partial charge in [0.2, 0.25) is 0 Å². The number of hydrogen-bond acceptors (Lipinski definition) is 2. The molecule has 1 aliphatic rings. The lowest BCUT2D eigenvalue weighted by atomic mass is 10.4. The van der Waals surface area contributed by atoms with E-state index < -0.39 is 0 Å². The van der Waals surface area contributed by atoms with Crippen LogP contribution >= 0.6 is 0 Å². The molecule has 0 aromatic heterocycles. The second kappa shape index (κ2) is 5.69. The molecule has 1 saturated heterocycles. The van der Waals surface area contributed by atoms with Gasteiger partial charge in [0, 0.05) is 13.2 Å². The Bertz CT molecular complexity index is 65.7. The molecule has 62 valence electrons. The Morgan fingerprint density at radius 3 is 1.40 bits per heavy atom. The fourth-order valence-corrected chi connectivity index (χ4v) is 0.497. The molecule has 0 N–H and O–H groups in total. The molecule has 10 heavy (non-hydrogen) atoms. The predicted molar refractivity (Wildman–Crippen MR) is 42.2 cm³/mol. The molecule has 0 aliphatic carbocycles. The SMILES string of the molecule is CC1OC1C.CCOCC. The third-order valence-corrected chi connectivity index (χ3v) is 1.42. The van der Waals surface area contributed by atoms with E-state index in [1.165, 1.54) is 0 Å². The molecule has 2 nitrogen and oxygen atoms in total. The lowest BCUT2D eigenvalue weighted by Gasteiger charge is -1.86. The highest BCUT2D eigenvalue weighted by atomic mass is 16.6. The van der Waals surface area contributed by atoms with E-state index >= 15 is 0 Å². The maximum absolute atomic E-state index is 4.92. The van der Waals surface area contributed by atoms with Gasteiger partial charge in [-0.15, -0.1) is 0 Å². The molecule has 0 spiro atoms. The van der Waals surface area contributed by atoms with Gasteiger partial charge in [-0.1, -0.05) is 0 Å². The van der Waals surface area contributed by atoms with Crippen LogP contribution in [0, 0.1) is 0 Å². The zero-order valence-electron chi connectivity index (χ0n) is 7.39. The molecule has 2 atom stereocenters. The molecular formula is C8H18O2. The lowest BCUT2D eigenvalue weighted by Crippen LogP contribution is -1.84. The summed E-state index contributed by atoms with van der Waals surface area (Å²) in [4.78, 5) is 0. The van der Waals surface area contributed by atoms with Gasteiger partial charge in [-0.05, 0) is 27.7 Å². The fraction of sp³-hybridized carbons (Fsp3) is 1.00. The van der Waals surface area contributed by atoms with Gasteiger partial charge in [-0.25, -0.2) is 0 Å². The van der Waals surface area contributed by atoms with Crippen molar-refractivity contribution in [3.8, 4) is 0 Å². The summed E-state index contributed by atoms with van der Waals surface area (Å²) in [5.74, 6) is 0. The largest absolute Gasteiger partial charge is 0.382 e. The molecule has 0 radical (unpaired) electrons. The van der Waals surface area contributed by atoms with E-state index in [9.17, 15) is 0 Å². The third kappa shape index (κ3) is 6.05. The molecule has 1 heterocycles. The van der Waals surface area contributed by atoms with Crippen molar-refractivity contribution in [3.63, 3.8) is 0 Å². The Balaban J connectivity index is 0.000000162. The minimum absolute atomic E-state index is 0.551. The van der Waals surface area contributed by atoms with Crippen LogP contribution in [-0.4, -0.2) is 25.4 Å². The van der Waals surface area contributed by atoms with Crippen molar-refractivity contribution >= 4 is 0 Å². The summed E-state index contributed by atoms with van der Waals surface area (Å²) in [6.07, 6.45) is 1.10. The number of epoxide rings is 1. The second-order valence-electron chi connectivity index (χ2n) is 2.33. The maximum Gasteiger partial charge on any atom is 0.0811 e. The molecule has 0 amide bonds. The number of ether oxygens (including phenoxy) is 2. The van der Waals surface area contributed by atoms with Gasteiger partial charge in [0.25, 0.3) is 0 Å². The average molecular weight is 146 g/mol. The lowest BCUT2D eigenvalue weighted by molar-refractivity contribution is 0.162. The van der Waals surface area contributed by atoms with Gasteiger partial charge >= 0.3 is 0 Å². The summed E-state index contributed by atoms with van der Waals surface area (Å²) in [5, 5.41) is 0. The van der Waals surface area contributed by atoms with Crippen LogP contribution in [0.15, 0.2) is 0 Å². The van der Waals surface area contributed by atoms with Gasteiger partial charge in [0.05, 0.1) is 12.2 Å². The molecule has 0 bridgehead atoms. The van der Waals surface area contributed by atoms with E-state index in [0.717, 1.165) is 13.2 Å². The first-order valence-electron chi connectivity index (χ1n) is 3.95. The van der Waals surface area contributed by atoms with Crippen molar-refractivity contribution < 1.29 is 9.47 Å². The standard InChI is InChI=1S/C4H8O.C4H10O/c1-3-4(2)5-3;1-3-5-4-2/h3-4H,1-2H3;3-4H2,1-2H3. The summed E-state index contributed by atoms with van der Waals surface area (Å²) in [5.41, 5.74) is 0. The monoisotopic (exact) mass is 146 g/mol. The smallest absolute Gasteiger partial charge is 0.0811 e. The summed E-state index contributed by atoms with van der Waals surface area (Å²) < 4.78 is 9.75. The Kier molecular flexibility index (Phi) is 5.64. The van der Waals surface area contributed by atoms with Crippen LogP contribution in [0.1, 0.15) is 27.7 Å². The fourth-order valence-electron chi connectivity index (χ4n) is 0.497. The van der Waals surface area contributed by atoms with E-state index in [2.05, 4.69) is 13.8 Å². The molecule has 2 unspecified atom stereocenters. The Morgan fingerprint density at radius 2 is 1.40 bits per heavy atom. The molecule has 0 aromatic carbocycles. The number of rotatable bonds is 2. The summed E-state index contributed by atoms with van der Waals surface area (Å²) in [6.45, 7) is 9.81. The van der Waals surface area contributed by atoms with Crippen LogP contribution in [0.5, 0.6) is 0 Å². The van der Waals surface area contributed by atoms with E-state index in [-0.39, 0.29) is 0 Å². The summed E-state index contributed by atoms with van der Waals surface area (Å²) >= 11 is 0. The van der Waals surface area contributed by atoms with Gasteiger partial charge in [-0.3, -0.25) is 0 Å². The van der Waals surface area contributed by atoms with Crippen LogP contribution in [0.4, 0.5) is 0 Å². The van der Waals surface area contributed by atoms with Crippen molar-refractivity contribution in [1.29, 1.82) is 0 Å². The van der Waals surface area contributed by atoms with Crippen molar-refractivity contribution in [2.75, 3.05) is 13.2 Å². The summed E-state index contributed by atoms with van der Waals surface area (Å²) in [6, 6.07) is 0. The highest BCUT2D eigenvalue weighted by molar-refractivity contribution is 4.73. The highest BCUT2D eigenvalue weighted by Crippen LogP contribution is 2.18. The number of hydrogen-bond donors (Lipinski definition) is 0. The van der Waals surface area contributed by atoms with Gasteiger partial charge in [0.1, 0.15) is 0 Å². The van der Waals surface area contributed by atoms with Crippen molar-refractivity contribution in [3.05, 3.63) is 0 Å². The first-order valence-corrected chi connectivity index (χ1v) is 3.95. The normalized spacial score (nSPS) is 28.8. The Hall–Kier alpha value is -0.0800. The highest BCUT2D eigenvalue weighted by Gasteiger charge is 2.27. The predicted octanol–water partition coefficient (Wildman–Crippen LogP) is 1.84. The van der Waals surface area contributed by atoms with Crippen LogP contribution in [-0.2, 0) is 9.47 Å². The third-order valence-electron chi connectivity index (χ3n) is 1.42. The first-order chi connectivity index (χ1) is 4.72. The van der Waals surface area contributed by atoms with Crippen molar-refractivity contribution in [2.45, 2.75) is 39.9 Å². The van der Waals surface area contributed by atoms with Crippen molar-refractivity contribution in [2.24, 2.45) is 0 Å². The van der Waals surface area contributed by atoms with Crippen molar-refractivity contribution in [1.82, 2.24) is 0 Å². The van der Waals surface area contributed by atoms with Crippen LogP contribution < -0.4 is 0 Å². The van der Waals surface area contributed by atoms with E-state index in [0.29, 0.717) is 12.2 Å². The van der Waals surface area contributed by atoms with E-state index in [1.807, 2.05) is 13.8 Å². The molecule has 1 rings (SSSR count). The van der Waals surface area contributed by atoms with Crippen LogP contribution in [0.2, 0.25) is 0 Å². The molecule has 2 heteroatoms. The molecule has 0 aromatic rings. The molecule has 1 aliphatic heterocycles. The topological polar surface area (TPSA) is 21.8 Å². The second-order valence-corrected chi connectivity index (χ2v) is 2.33. The molecule has 1 fully saturated rings. The van der Waals surface area contributed by atoms with Crippen LogP contribution in [0.3, 0.4) is 0 Å². The molecule has 0 saturated carbocycles. The van der Waals surface area contributed by atoms with Gasteiger partial charge in [0.15, 0.2) is 0 Å². The minimum Gasteiger partial charge on any atom is -0.382 e. The molecular weight excluding hydrogens is 128 g/mol.